The normalized spacial score (nSPS) is 13.9. The van der Waals surface area contributed by atoms with Crippen LogP contribution in [-0.4, -0.2) is 5.54 Å². The number of benzene rings is 1. The van der Waals surface area contributed by atoms with Crippen LogP contribution in [0.2, 0.25) is 0 Å². The van der Waals surface area contributed by atoms with Gasteiger partial charge in [-0.05, 0) is 37.3 Å². The molecule has 1 N–H and O–H groups in total. The van der Waals surface area contributed by atoms with Crippen molar-refractivity contribution in [3.05, 3.63) is 35.4 Å². The van der Waals surface area contributed by atoms with Crippen molar-refractivity contribution in [2.75, 3.05) is 0 Å². The standard InChI is InChI=1S/C18H27N/c1-8-9-16(19-18(5,6)7)14-10-12-15(13-11-14)17(2,3)4/h1,10-13,16,19H,9H2,2-7H3. The molecule has 1 atom stereocenters. The molecule has 0 amide bonds. The molecule has 0 aliphatic rings. The van der Waals surface area contributed by atoms with Gasteiger partial charge in [-0.3, -0.25) is 0 Å². The summed E-state index contributed by atoms with van der Waals surface area (Å²) in [5.74, 6) is 2.77. The van der Waals surface area contributed by atoms with Gasteiger partial charge in [-0.2, -0.15) is 0 Å². The average molecular weight is 257 g/mol. The van der Waals surface area contributed by atoms with Gasteiger partial charge in [-0.1, -0.05) is 45.0 Å². The zero-order valence-electron chi connectivity index (χ0n) is 13.2. The van der Waals surface area contributed by atoms with Gasteiger partial charge in [0.2, 0.25) is 0 Å². The molecule has 1 nitrogen and oxygen atoms in total. The molecular weight excluding hydrogens is 230 g/mol. The van der Waals surface area contributed by atoms with Gasteiger partial charge < -0.3 is 5.32 Å². The van der Waals surface area contributed by atoms with Gasteiger partial charge in [-0.25, -0.2) is 0 Å². The fourth-order valence-corrected chi connectivity index (χ4v) is 2.11. The molecule has 0 aliphatic heterocycles. The van der Waals surface area contributed by atoms with E-state index in [9.17, 15) is 0 Å². The van der Waals surface area contributed by atoms with Crippen LogP contribution in [0.3, 0.4) is 0 Å². The van der Waals surface area contributed by atoms with Gasteiger partial charge in [0, 0.05) is 18.0 Å². The monoisotopic (exact) mass is 257 g/mol. The van der Waals surface area contributed by atoms with Gasteiger partial charge in [-0.15, -0.1) is 12.3 Å². The van der Waals surface area contributed by atoms with E-state index in [1.165, 1.54) is 11.1 Å². The molecule has 1 aromatic carbocycles. The molecular formula is C18H27N. The minimum Gasteiger partial charge on any atom is -0.304 e. The second kappa shape index (κ2) is 5.80. The molecule has 104 valence electrons. The molecule has 1 aromatic rings. The van der Waals surface area contributed by atoms with Gasteiger partial charge >= 0.3 is 0 Å². The summed E-state index contributed by atoms with van der Waals surface area (Å²) in [6.45, 7) is 13.2. The lowest BCUT2D eigenvalue weighted by molar-refractivity contribution is 0.366. The molecule has 0 aromatic heterocycles. The van der Waals surface area contributed by atoms with Crippen molar-refractivity contribution >= 4 is 0 Å². The smallest absolute Gasteiger partial charge is 0.0434 e. The summed E-state index contributed by atoms with van der Waals surface area (Å²) in [7, 11) is 0. The minimum absolute atomic E-state index is 0.0597. The van der Waals surface area contributed by atoms with Crippen molar-refractivity contribution in [2.24, 2.45) is 0 Å². The average Bonchev–Trinajstić information content (AvgIpc) is 2.26. The van der Waals surface area contributed by atoms with Crippen molar-refractivity contribution in [1.29, 1.82) is 0 Å². The Kier molecular flexibility index (Phi) is 4.82. The Labute approximate surface area is 118 Å². The molecule has 0 spiro atoms. The number of nitrogens with one attached hydrogen (secondary N) is 1. The first-order chi connectivity index (χ1) is 8.63. The second-order valence-corrected chi connectivity index (χ2v) is 7.23. The first-order valence-corrected chi connectivity index (χ1v) is 6.95. The molecule has 0 fully saturated rings. The summed E-state index contributed by atoms with van der Waals surface area (Å²) in [6.07, 6.45) is 6.21. The molecule has 0 bridgehead atoms. The first kappa shape index (κ1) is 15.8. The summed E-state index contributed by atoms with van der Waals surface area (Å²) in [4.78, 5) is 0. The highest BCUT2D eigenvalue weighted by Crippen LogP contribution is 2.25. The lowest BCUT2D eigenvalue weighted by Gasteiger charge is -2.28. The minimum atomic E-state index is 0.0597. The third-order valence-corrected chi connectivity index (χ3v) is 3.11. The predicted octanol–water partition coefficient (Wildman–Crippen LogP) is 4.44. The van der Waals surface area contributed by atoms with Crippen molar-refractivity contribution < 1.29 is 0 Å². The van der Waals surface area contributed by atoms with Gasteiger partial charge in [0.1, 0.15) is 0 Å². The van der Waals surface area contributed by atoms with E-state index in [0.29, 0.717) is 6.42 Å². The molecule has 1 rings (SSSR count). The van der Waals surface area contributed by atoms with Crippen molar-refractivity contribution in [2.45, 2.75) is 65.0 Å². The summed E-state index contributed by atoms with van der Waals surface area (Å²) in [6, 6.07) is 9.04. The van der Waals surface area contributed by atoms with Crippen molar-refractivity contribution in [3.63, 3.8) is 0 Å². The maximum Gasteiger partial charge on any atom is 0.0434 e. The zero-order chi connectivity index (χ0) is 14.7. The quantitative estimate of drug-likeness (QED) is 0.790. The maximum absolute atomic E-state index is 5.49. The fourth-order valence-electron chi connectivity index (χ4n) is 2.11. The van der Waals surface area contributed by atoms with E-state index in [1.54, 1.807) is 0 Å². The Morgan fingerprint density at radius 2 is 1.58 bits per heavy atom. The van der Waals surface area contributed by atoms with E-state index in [0.717, 1.165) is 0 Å². The highest BCUT2D eigenvalue weighted by atomic mass is 15.0. The van der Waals surface area contributed by atoms with E-state index < -0.39 is 0 Å². The Morgan fingerprint density at radius 1 is 1.05 bits per heavy atom. The van der Waals surface area contributed by atoms with Crippen molar-refractivity contribution in [1.82, 2.24) is 5.32 Å². The second-order valence-electron chi connectivity index (χ2n) is 7.23. The van der Waals surface area contributed by atoms with Crippen LogP contribution in [0.25, 0.3) is 0 Å². The number of hydrogen-bond donors (Lipinski definition) is 1. The number of terminal acetylenes is 1. The van der Waals surface area contributed by atoms with Crippen LogP contribution in [0.4, 0.5) is 0 Å². The molecule has 0 heterocycles. The Hall–Kier alpha value is -1.26. The van der Waals surface area contributed by atoms with Crippen LogP contribution in [0, 0.1) is 12.3 Å². The Balaban J connectivity index is 2.96. The highest BCUT2D eigenvalue weighted by molar-refractivity contribution is 5.30. The maximum atomic E-state index is 5.49. The predicted molar refractivity (Wildman–Crippen MR) is 84.2 cm³/mol. The fraction of sp³-hybridized carbons (Fsp3) is 0.556. The third-order valence-electron chi connectivity index (χ3n) is 3.11. The van der Waals surface area contributed by atoms with E-state index in [-0.39, 0.29) is 17.0 Å². The molecule has 1 unspecified atom stereocenters. The van der Waals surface area contributed by atoms with Crippen LogP contribution < -0.4 is 5.32 Å². The highest BCUT2D eigenvalue weighted by Gasteiger charge is 2.19. The zero-order valence-corrected chi connectivity index (χ0v) is 13.2. The van der Waals surface area contributed by atoms with Crippen molar-refractivity contribution in [3.8, 4) is 12.3 Å². The molecule has 0 aliphatic carbocycles. The number of hydrogen-bond acceptors (Lipinski definition) is 1. The lowest BCUT2D eigenvalue weighted by atomic mass is 9.86. The van der Waals surface area contributed by atoms with Gasteiger partial charge in [0.05, 0.1) is 0 Å². The summed E-state index contributed by atoms with van der Waals surface area (Å²) in [5.41, 5.74) is 2.87. The summed E-state index contributed by atoms with van der Waals surface area (Å²) in [5, 5.41) is 3.59. The van der Waals surface area contributed by atoms with Crippen LogP contribution in [0.15, 0.2) is 24.3 Å². The van der Waals surface area contributed by atoms with Crippen LogP contribution >= 0.6 is 0 Å². The molecule has 0 radical (unpaired) electrons. The van der Waals surface area contributed by atoms with E-state index >= 15 is 0 Å². The van der Waals surface area contributed by atoms with E-state index in [1.807, 2.05) is 0 Å². The number of rotatable bonds is 3. The van der Waals surface area contributed by atoms with E-state index in [2.05, 4.69) is 77.0 Å². The lowest BCUT2D eigenvalue weighted by Crippen LogP contribution is -2.38. The summed E-state index contributed by atoms with van der Waals surface area (Å²) >= 11 is 0. The molecule has 19 heavy (non-hydrogen) atoms. The largest absolute Gasteiger partial charge is 0.304 e. The summed E-state index contributed by atoms with van der Waals surface area (Å²) < 4.78 is 0. The van der Waals surface area contributed by atoms with E-state index in [4.69, 9.17) is 6.42 Å². The molecule has 0 saturated carbocycles. The van der Waals surface area contributed by atoms with Gasteiger partial charge in [0.15, 0.2) is 0 Å². The van der Waals surface area contributed by atoms with Crippen LogP contribution in [0.5, 0.6) is 0 Å². The van der Waals surface area contributed by atoms with Crippen LogP contribution in [-0.2, 0) is 5.41 Å². The topological polar surface area (TPSA) is 12.0 Å². The Bertz CT molecular complexity index is 435. The molecule has 0 saturated heterocycles. The first-order valence-electron chi connectivity index (χ1n) is 6.95. The SMILES string of the molecule is C#CCC(NC(C)(C)C)c1ccc(C(C)(C)C)cc1. The molecule has 1 heteroatoms. The van der Waals surface area contributed by atoms with Crippen LogP contribution in [0.1, 0.15) is 65.1 Å². The third kappa shape index (κ3) is 5.09. The van der Waals surface area contributed by atoms with Gasteiger partial charge in [0.25, 0.3) is 0 Å². The Morgan fingerprint density at radius 3 is 1.95 bits per heavy atom.